The van der Waals surface area contributed by atoms with Gasteiger partial charge in [-0.05, 0) is 36.1 Å². The van der Waals surface area contributed by atoms with Gasteiger partial charge in [0.05, 0.1) is 0 Å². The van der Waals surface area contributed by atoms with Crippen molar-refractivity contribution in [2.75, 3.05) is 0 Å². The van der Waals surface area contributed by atoms with Gasteiger partial charge in [-0.1, -0.05) is 41.4 Å². The molecule has 0 aliphatic carbocycles. The molecule has 1 atom stereocenters. The Morgan fingerprint density at radius 1 is 1.50 bits per heavy atom. The lowest BCUT2D eigenvalue weighted by atomic mass is 10.0. The van der Waals surface area contributed by atoms with Crippen molar-refractivity contribution in [2.24, 2.45) is 5.92 Å². The molecule has 1 aromatic rings. The topological polar surface area (TPSA) is 49.3 Å². The van der Waals surface area contributed by atoms with Crippen LogP contribution in [0.25, 0.3) is 0 Å². The number of rotatable bonds is 6. The summed E-state index contributed by atoms with van der Waals surface area (Å²) < 4.78 is 0.930. The third-order valence-corrected chi connectivity index (χ3v) is 3.41. The first-order chi connectivity index (χ1) is 8.40. The molecule has 1 aromatic carbocycles. The van der Waals surface area contributed by atoms with Crippen molar-refractivity contribution in [3.05, 3.63) is 33.3 Å². The summed E-state index contributed by atoms with van der Waals surface area (Å²) in [6.07, 6.45) is 0.598. The van der Waals surface area contributed by atoms with Crippen LogP contribution in [0.15, 0.2) is 22.7 Å². The van der Waals surface area contributed by atoms with Crippen molar-refractivity contribution >= 4 is 33.5 Å². The van der Waals surface area contributed by atoms with Crippen LogP contribution in [0.5, 0.6) is 0 Å². The zero-order valence-corrected chi connectivity index (χ0v) is 12.8. The fraction of sp³-hybridized carbons (Fsp3) is 0.462. The number of nitrogens with one attached hydrogen (secondary N) is 1. The van der Waals surface area contributed by atoms with Crippen molar-refractivity contribution in [3.63, 3.8) is 0 Å². The highest BCUT2D eigenvalue weighted by Crippen LogP contribution is 2.21. The van der Waals surface area contributed by atoms with E-state index < -0.39 is 12.0 Å². The SMILES string of the molecule is CC(C)CC(NCc1cc(Br)ccc1Cl)C(=O)O. The molecule has 0 aliphatic heterocycles. The summed E-state index contributed by atoms with van der Waals surface area (Å²) in [7, 11) is 0. The van der Waals surface area contributed by atoms with E-state index in [9.17, 15) is 4.79 Å². The third kappa shape index (κ3) is 4.96. The zero-order valence-electron chi connectivity index (χ0n) is 10.4. The second kappa shape index (κ2) is 7.12. The van der Waals surface area contributed by atoms with Crippen molar-refractivity contribution < 1.29 is 9.90 Å². The maximum absolute atomic E-state index is 11.1. The monoisotopic (exact) mass is 333 g/mol. The summed E-state index contributed by atoms with van der Waals surface area (Å²) >= 11 is 9.43. The molecule has 0 aromatic heterocycles. The van der Waals surface area contributed by atoms with Crippen LogP contribution in [0.1, 0.15) is 25.8 Å². The molecule has 18 heavy (non-hydrogen) atoms. The quantitative estimate of drug-likeness (QED) is 0.834. The fourth-order valence-electron chi connectivity index (χ4n) is 1.65. The van der Waals surface area contributed by atoms with Gasteiger partial charge >= 0.3 is 5.97 Å². The molecule has 0 aliphatic rings. The molecule has 3 nitrogen and oxygen atoms in total. The Hall–Kier alpha value is -0.580. The lowest BCUT2D eigenvalue weighted by Crippen LogP contribution is -2.37. The van der Waals surface area contributed by atoms with Gasteiger partial charge in [-0.3, -0.25) is 4.79 Å². The molecule has 0 radical (unpaired) electrons. The van der Waals surface area contributed by atoms with E-state index in [4.69, 9.17) is 16.7 Å². The Kier molecular flexibility index (Phi) is 6.12. The zero-order chi connectivity index (χ0) is 13.7. The Morgan fingerprint density at radius 3 is 2.72 bits per heavy atom. The van der Waals surface area contributed by atoms with Gasteiger partial charge in [-0.2, -0.15) is 0 Å². The summed E-state index contributed by atoms with van der Waals surface area (Å²) in [5.74, 6) is -0.494. The van der Waals surface area contributed by atoms with E-state index in [1.165, 1.54) is 0 Å². The van der Waals surface area contributed by atoms with Crippen LogP contribution in [0.2, 0.25) is 5.02 Å². The van der Waals surface area contributed by atoms with Crippen LogP contribution in [-0.2, 0) is 11.3 Å². The number of carboxylic acid groups (broad SMARTS) is 1. The minimum atomic E-state index is -0.824. The van der Waals surface area contributed by atoms with E-state index in [2.05, 4.69) is 21.2 Å². The Bertz CT molecular complexity index is 423. The van der Waals surface area contributed by atoms with Crippen molar-refractivity contribution in [1.29, 1.82) is 0 Å². The Balaban J connectivity index is 2.66. The molecule has 1 unspecified atom stereocenters. The molecule has 0 saturated heterocycles. The highest BCUT2D eigenvalue weighted by molar-refractivity contribution is 9.10. The minimum absolute atomic E-state index is 0.330. The predicted molar refractivity (Wildman–Crippen MR) is 76.9 cm³/mol. The number of carboxylic acids is 1. The fourth-order valence-corrected chi connectivity index (χ4v) is 2.25. The lowest BCUT2D eigenvalue weighted by molar-refractivity contribution is -0.140. The molecule has 0 bridgehead atoms. The van der Waals surface area contributed by atoms with Crippen LogP contribution < -0.4 is 5.32 Å². The van der Waals surface area contributed by atoms with Crippen molar-refractivity contribution in [1.82, 2.24) is 5.32 Å². The molecule has 0 amide bonds. The van der Waals surface area contributed by atoms with Crippen LogP contribution >= 0.6 is 27.5 Å². The molecule has 0 fully saturated rings. The molecular weight excluding hydrogens is 318 g/mol. The van der Waals surface area contributed by atoms with Crippen molar-refractivity contribution in [2.45, 2.75) is 32.9 Å². The number of carbonyl (C=O) groups is 1. The average molecular weight is 335 g/mol. The van der Waals surface area contributed by atoms with Crippen LogP contribution in [0.4, 0.5) is 0 Å². The van der Waals surface area contributed by atoms with Crippen LogP contribution in [0, 0.1) is 5.92 Å². The number of halogens is 2. The minimum Gasteiger partial charge on any atom is -0.480 e. The number of benzene rings is 1. The molecule has 5 heteroatoms. The largest absolute Gasteiger partial charge is 0.480 e. The summed E-state index contributed by atoms with van der Waals surface area (Å²) in [6, 6.07) is 5.00. The van der Waals surface area contributed by atoms with E-state index in [1.807, 2.05) is 26.0 Å². The van der Waals surface area contributed by atoms with E-state index in [1.54, 1.807) is 6.07 Å². The smallest absolute Gasteiger partial charge is 0.320 e. The molecule has 1 rings (SSSR count). The van der Waals surface area contributed by atoms with Gasteiger partial charge < -0.3 is 10.4 Å². The summed E-state index contributed by atoms with van der Waals surface area (Å²) in [5, 5.41) is 12.8. The molecule has 0 saturated carbocycles. The van der Waals surface area contributed by atoms with Gasteiger partial charge in [0.2, 0.25) is 0 Å². The van der Waals surface area contributed by atoms with E-state index in [-0.39, 0.29) is 0 Å². The van der Waals surface area contributed by atoms with E-state index in [0.717, 1.165) is 10.0 Å². The normalized spacial score (nSPS) is 12.7. The summed E-state index contributed by atoms with van der Waals surface area (Å²) in [5.41, 5.74) is 0.890. The first-order valence-electron chi connectivity index (χ1n) is 5.80. The molecule has 0 spiro atoms. The highest BCUT2D eigenvalue weighted by atomic mass is 79.9. The molecular formula is C13H17BrClNO2. The van der Waals surface area contributed by atoms with Crippen molar-refractivity contribution in [3.8, 4) is 0 Å². The number of hydrogen-bond acceptors (Lipinski definition) is 2. The standard InChI is InChI=1S/C13H17BrClNO2/c1-8(2)5-12(13(17)18)16-7-9-6-10(14)3-4-11(9)15/h3-4,6,8,12,16H,5,7H2,1-2H3,(H,17,18). The molecule has 2 N–H and O–H groups in total. The van der Waals surface area contributed by atoms with Gasteiger partial charge in [0.25, 0.3) is 0 Å². The van der Waals surface area contributed by atoms with Crippen LogP contribution in [-0.4, -0.2) is 17.1 Å². The van der Waals surface area contributed by atoms with Gasteiger partial charge in [-0.25, -0.2) is 0 Å². The maximum Gasteiger partial charge on any atom is 0.320 e. The first-order valence-corrected chi connectivity index (χ1v) is 6.97. The third-order valence-electron chi connectivity index (χ3n) is 2.55. The molecule has 100 valence electrons. The number of hydrogen-bond donors (Lipinski definition) is 2. The number of aliphatic carboxylic acids is 1. The second-order valence-corrected chi connectivity index (χ2v) is 5.96. The first kappa shape index (κ1) is 15.5. The van der Waals surface area contributed by atoms with Crippen LogP contribution in [0.3, 0.4) is 0 Å². The Labute approximate surface area is 121 Å². The van der Waals surface area contributed by atoms with Gasteiger partial charge in [0.1, 0.15) is 6.04 Å². The summed E-state index contributed by atoms with van der Waals surface area (Å²) in [4.78, 5) is 11.1. The average Bonchev–Trinajstić information content (AvgIpc) is 2.27. The predicted octanol–water partition coefficient (Wildman–Crippen LogP) is 3.69. The van der Waals surface area contributed by atoms with E-state index >= 15 is 0 Å². The second-order valence-electron chi connectivity index (χ2n) is 4.64. The Morgan fingerprint density at radius 2 is 2.17 bits per heavy atom. The van der Waals surface area contributed by atoms with Gasteiger partial charge in [-0.15, -0.1) is 0 Å². The maximum atomic E-state index is 11.1. The van der Waals surface area contributed by atoms with Gasteiger partial charge in [0.15, 0.2) is 0 Å². The molecule has 0 heterocycles. The highest BCUT2D eigenvalue weighted by Gasteiger charge is 2.18. The van der Waals surface area contributed by atoms with E-state index in [0.29, 0.717) is 23.9 Å². The lowest BCUT2D eigenvalue weighted by Gasteiger charge is -2.17. The van der Waals surface area contributed by atoms with Gasteiger partial charge in [0, 0.05) is 16.0 Å². The summed E-state index contributed by atoms with van der Waals surface area (Å²) in [6.45, 7) is 4.45.